The van der Waals surface area contributed by atoms with Crippen LogP contribution in [0.2, 0.25) is 0 Å². The lowest BCUT2D eigenvalue weighted by molar-refractivity contribution is 0.234. The van der Waals surface area contributed by atoms with Gasteiger partial charge < -0.3 is 10.2 Å². The van der Waals surface area contributed by atoms with Gasteiger partial charge >= 0.3 is 0 Å². The van der Waals surface area contributed by atoms with Gasteiger partial charge in [0.2, 0.25) is 10.0 Å². The number of rotatable bonds is 7. The zero-order valence-electron chi connectivity index (χ0n) is 19.1. The quantitative estimate of drug-likeness (QED) is 0.301. The molecule has 2 N–H and O–H groups in total. The predicted molar refractivity (Wildman–Crippen MR) is 143 cm³/mol. The number of nitrogens with one attached hydrogen (secondary N) is 2. The standard InChI is InChI=1S/C24H34N4O2S.HI/c1-4-26-24(27-16-20-9-8-10-21(15-20)18-31(29,30)25-3)28-14-13-23(19(2)17-28)22-11-6-5-7-12-22;/h5-12,15,19,23,25H,4,13-14,16-18H2,1-3H3,(H,26,27);1H. The van der Waals surface area contributed by atoms with Crippen LogP contribution in [-0.2, 0) is 22.3 Å². The first kappa shape index (κ1) is 26.6. The molecule has 176 valence electrons. The first-order chi connectivity index (χ1) is 14.9. The van der Waals surface area contributed by atoms with Gasteiger partial charge in [0.15, 0.2) is 5.96 Å². The Labute approximate surface area is 210 Å². The third-order valence-corrected chi connectivity index (χ3v) is 7.17. The monoisotopic (exact) mass is 570 g/mol. The summed E-state index contributed by atoms with van der Waals surface area (Å²) in [6, 6.07) is 18.4. The van der Waals surface area contributed by atoms with Crippen LogP contribution in [-0.4, -0.2) is 46.0 Å². The van der Waals surface area contributed by atoms with Crippen molar-refractivity contribution in [1.82, 2.24) is 14.9 Å². The van der Waals surface area contributed by atoms with Crippen molar-refractivity contribution in [3.8, 4) is 0 Å². The number of halogens is 1. The molecule has 2 unspecified atom stereocenters. The Kier molecular flexibility index (Phi) is 10.4. The Morgan fingerprint density at radius 2 is 1.84 bits per heavy atom. The van der Waals surface area contributed by atoms with Crippen LogP contribution in [0.15, 0.2) is 59.6 Å². The summed E-state index contributed by atoms with van der Waals surface area (Å²) in [7, 11) is -1.85. The minimum atomic E-state index is -3.29. The minimum absolute atomic E-state index is 0. The van der Waals surface area contributed by atoms with E-state index in [9.17, 15) is 8.42 Å². The van der Waals surface area contributed by atoms with Crippen molar-refractivity contribution < 1.29 is 8.42 Å². The lowest BCUT2D eigenvalue weighted by Crippen LogP contribution is -2.48. The molecule has 1 fully saturated rings. The molecule has 8 heteroatoms. The maximum absolute atomic E-state index is 11.8. The predicted octanol–water partition coefficient (Wildman–Crippen LogP) is 3.94. The summed E-state index contributed by atoms with van der Waals surface area (Å²) >= 11 is 0. The molecule has 2 aromatic carbocycles. The fourth-order valence-electron chi connectivity index (χ4n) is 4.23. The topological polar surface area (TPSA) is 73.8 Å². The van der Waals surface area contributed by atoms with Crippen LogP contribution in [0.25, 0.3) is 0 Å². The number of likely N-dealkylation sites (tertiary alicyclic amines) is 1. The van der Waals surface area contributed by atoms with E-state index in [1.54, 1.807) is 0 Å². The first-order valence-electron chi connectivity index (χ1n) is 11.0. The average molecular weight is 571 g/mol. The Morgan fingerprint density at radius 1 is 1.12 bits per heavy atom. The molecule has 0 aromatic heterocycles. The first-order valence-corrected chi connectivity index (χ1v) is 12.6. The number of piperidine rings is 1. The second-order valence-electron chi connectivity index (χ2n) is 8.18. The third-order valence-electron chi connectivity index (χ3n) is 5.84. The number of hydrogen-bond acceptors (Lipinski definition) is 3. The summed E-state index contributed by atoms with van der Waals surface area (Å²) in [5.41, 5.74) is 3.20. The Balaban J connectivity index is 0.00000363. The van der Waals surface area contributed by atoms with Crippen molar-refractivity contribution in [3.05, 3.63) is 71.3 Å². The van der Waals surface area contributed by atoms with E-state index in [1.165, 1.54) is 12.6 Å². The summed E-state index contributed by atoms with van der Waals surface area (Å²) < 4.78 is 26.1. The number of benzene rings is 2. The number of aliphatic imine (C=N–C) groups is 1. The van der Waals surface area contributed by atoms with Crippen LogP contribution in [0.3, 0.4) is 0 Å². The summed E-state index contributed by atoms with van der Waals surface area (Å²) in [5, 5.41) is 3.43. The molecule has 2 atom stereocenters. The molecule has 1 aliphatic rings. The molecule has 1 heterocycles. The van der Waals surface area contributed by atoms with Gasteiger partial charge in [-0.3, -0.25) is 0 Å². The fraction of sp³-hybridized carbons (Fsp3) is 0.458. The van der Waals surface area contributed by atoms with Gasteiger partial charge in [0.25, 0.3) is 0 Å². The number of nitrogens with zero attached hydrogens (tertiary/aromatic N) is 2. The molecule has 0 spiro atoms. The number of guanidine groups is 1. The van der Waals surface area contributed by atoms with Crippen molar-refractivity contribution in [2.45, 2.75) is 38.5 Å². The highest BCUT2D eigenvalue weighted by Gasteiger charge is 2.28. The second kappa shape index (κ2) is 12.6. The Hall–Kier alpha value is -1.65. The maximum Gasteiger partial charge on any atom is 0.215 e. The molecular weight excluding hydrogens is 535 g/mol. The lowest BCUT2D eigenvalue weighted by atomic mass is 9.82. The van der Waals surface area contributed by atoms with Gasteiger partial charge in [0.1, 0.15) is 0 Å². The third kappa shape index (κ3) is 7.45. The summed E-state index contributed by atoms with van der Waals surface area (Å²) in [5.74, 6) is 2.02. The van der Waals surface area contributed by atoms with Crippen LogP contribution >= 0.6 is 24.0 Å². The van der Waals surface area contributed by atoms with Crippen molar-refractivity contribution in [3.63, 3.8) is 0 Å². The molecule has 0 amide bonds. The molecule has 3 rings (SSSR count). The van der Waals surface area contributed by atoms with Crippen molar-refractivity contribution in [2.24, 2.45) is 10.9 Å². The number of hydrogen-bond donors (Lipinski definition) is 2. The van der Waals surface area contributed by atoms with Gasteiger partial charge in [-0.05, 0) is 48.9 Å². The van der Waals surface area contributed by atoms with E-state index < -0.39 is 10.0 Å². The highest BCUT2D eigenvalue weighted by molar-refractivity contribution is 14.0. The lowest BCUT2D eigenvalue weighted by Gasteiger charge is -2.39. The molecule has 0 saturated carbocycles. The SMILES string of the molecule is CCNC(=NCc1cccc(CS(=O)(=O)NC)c1)N1CCC(c2ccccc2)C(C)C1.I. The van der Waals surface area contributed by atoms with Crippen LogP contribution < -0.4 is 10.0 Å². The summed E-state index contributed by atoms with van der Waals surface area (Å²) in [4.78, 5) is 7.21. The van der Waals surface area contributed by atoms with Crippen molar-refractivity contribution in [2.75, 3.05) is 26.7 Å². The largest absolute Gasteiger partial charge is 0.357 e. The summed E-state index contributed by atoms with van der Waals surface area (Å²) in [6.45, 7) is 7.66. The van der Waals surface area contributed by atoms with Crippen molar-refractivity contribution in [1.29, 1.82) is 0 Å². The second-order valence-corrected chi connectivity index (χ2v) is 10.1. The highest BCUT2D eigenvalue weighted by atomic mass is 127. The molecule has 2 aromatic rings. The normalized spacial score (nSPS) is 19.3. The average Bonchev–Trinajstić information content (AvgIpc) is 2.77. The zero-order chi connectivity index (χ0) is 22.3. The van der Waals surface area contributed by atoms with E-state index in [0.717, 1.165) is 43.1 Å². The van der Waals surface area contributed by atoms with Crippen LogP contribution in [0, 0.1) is 5.92 Å². The molecule has 0 bridgehead atoms. The van der Waals surface area contributed by atoms with Gasteiger partial charge in [-0.15, -0.1) is 24.0 Å². The van der Waals surface area contributed by atoms with Crippen LogP contribution in [0.5, 0.6) is 0 Å². The van der Waals surface area contributed by atoms with Gasteiger partial charge in [-0.2, -0.15) is 0 Å². The van der Waals surface area contributed by atoms with Crippen LogP contribution in [0.4, 0.5) is 0 Å². The maximum atomic E-state index is 11.8. The molecule has 32 heavy (non-hydrogen) atoms. The van der Waals surface area contributed by atoms with Crippen molar-refractivity contribution >= 4 is 40.0 Å². The summed E-state index contributed by atoms with van der Waals surface area (Å²) in [6.07, 6.45) is 1.10. The smallest absolute Gasteiger partial charge is 0.215 e. The van der Waals surface area contributed by atoms with E-state index in [-0.39, 0.29) is 29.7 Å². The molecule has 0 aliphatic carbocycles. The Bertz CT molecular complexity index is 983. The van der Waals surface area contributed by atoms with Gasteiger partial charge in [-0.25, -0.2) is 18.1 Å². The fourth-order valence-corrected chi connectivity index (χ4v) is 5.00. The zero-order valence-corrected chi connectivity index (χ0v) is 22.3. The highest BCUT2D eigenvalue weighted by Crippen LogP contribution is 2.32. The molecule has 1 aliphatic heterocycles. The molecule has 6 nitrogen and oxygen atoms in total. The van der Waals surface area contributed by atoms with Gasteiger partial charge in [0.05, 0.1) is 12.3 Å². The molecular formula is C24H35IN4O2S. The molecule has 0 radical (unpaired) electrons. The van der Waals surface area contributed by atoms with E-state index in [0.29, 0.717) is 18.4 Å². The van der Waals surface area contributed by atoms with E-state index in [2.05, 4.69) is 59.1 Å². The minimum Gasteiger partial charge on any atom is -0.357 e. The van der Waals surface area contributed by atoms with Crippen LogP contribution in [0.1, 0.15) is 42.9 Å². The number of sulfonamides is 1. The van der Waals surface area contributed by atoms with E-state index in [1.807, 2.05) is 24.3 Å². The van der Waals surface area contributed by atoms with E-state index >= 15 is 0 Å². The Morgan fingerprint density at radius 3 is 2.50 bits per heavy atom. The van der Waals surface area contributed by atoms with E-state index in [4.69, 9.17) is 4.99 Å². The van der Waals surface area contributed by atoms with Gasteiger partial charge in [-0.1, -0.05) is 61.5 Å². The van der Waals surface area contributed by atoms with Gasteiger partial charge in [0, 0.05) is 19.6 Å². The molecule has 1 saturated heterocycles.